The second kappa shape index (κ2) is 6.44. The number of carbonyl (C=O) groups excluding carboxylic acids is 1. The summed E-state index contributed by atoms with van der Waals surface area (Å²) in [7, 11) is 0. The monoisotopic (exact) mass is 356 g/mol. The summed E-state index contributed by atoms with van der Waals surface area (Å²) in [6.45, 7) is 1.89. The Morgan fingerprint density at radius 2 is 1.95 bits per heavy atom. The van der Waals surface area contributed by atoms with Crippen LogP contribution >= 0.6 is 15.9 Å². The van der Waals surface area contributed by atoms with Crippen LogP contribution in [-0.4, -0.2) is 11.6 Å². The van der Waals surface area contributed by atoms with Crippen molar-refractivity contribution in [2.45, 2.75) is 19.3 Å². The van der Waals surface area contributed by atoms with Gasteiger partial charge in [-0.2, -0.15) is 5.10 Å². The van der Waals surface area contributed by atoms with Gasteiger partial charge >= 0.3 is 0 Å². The van der Waals surface area contributed by atoms with Crippen LogP contribution < -0.4 is 5.43 Å². The lowest BCUT2D eigenvalue weighted by Gasteiger charge is -2.03. The van der Waals surface area contributed by atoms with Gasteiger partial charge in [0.1, 0.15) is 0 Å². The number of halogens is 1. The minimum Gasteiger partial charge on any atom is -0.273 e. The molecule has 1 saturated carbocycles. The van der Waals surface area contributed by atoms with Crippen LogP contribution in [0.1, 0.15) is 30.4 Å². The fraction of sp³-hybridized carbons (Fsp3) is 0.222. The molecule has 0 spiro atoms. The Balaban J connectivity index is 1.60. The highest BCUT2D eigenvalue weighted by Gasteiger charge is 2.43. The van der Waals surface area contributed by atoms with E-state index in [1.54, 1.807) is 0 Å². The van der Waals surface area contributed by atoms with Gasteiger partial charge in [0.15, 0.2) is 0 Å². The molecule has 1 aliphatic carbocycles. The van der Waals surface area contributed by atoms with Gasteiger partial charge in [-0.15, -0.1) is 0 Å². The number of carbonyl (C=O) groups is 1. The standard InChI is InChI=1S/C18H17BrN2O/c1-12(14-8-5-9-15(19)10-14)20-21-18(22)17-11-16(17)13-6-3-2-4-7-13/h2-10,16-17H,11H2,1H3,(H,21,22)/b20-12-/t16-,17+/m1/s1. The van der Waals surface area contributed by atoms with Gasteiger partial charge in [-0.3, -0.25) is 4.79 Å². The molecule has 0 aromatic heterocycles. The molecule has 3 nitrogen and oxygen atoms in total. The lowest BCUT2D eigenvalue weighted by Crippen LogP contribution is -2.21. The summed E-state index contributed by atoms with van der Waals surface area (Å²) in [5.74, 6) is 0.382. The molecule has 0 bridgehead atoms. The van der Waals surface area contributed by atoms with Crippen LogP contribution in [0.3, 0.4) is 0 Å². The van der Waals surface area contributed by atoms with Gasteiger partial charge in [0, 0.05) is 10.4 Å². The Bertz CT molecular complexity index is 712. The molecule has 0 saturated heterocycles. The first-order chi connectivity index (χ1) is 10.6. The number of benzene rings is 2. The van der Waals surface area contributed by atoms with Crippen LogP contribution in [0.25, 0.3) is 0 Å². The molecule has 1 amide bonds. The van der Waals surface area contributed by atoms with E-state index in [0.29, 0.717) is 5.92 Å². The summed E-state index contributed by atoms with van der Waals surface area (Å²) < 4.78 is 0.997. The lowest BCUT2D eigenvalue weighted by molar-refractivity contribution is -0.122. The minimum absolute atomic E-state index is 0.00296. The van der Waals surface area contributed by atoms with E-state index in [-0.39, 0.29) is 11.8 Å². The minimum atomic E-state index is 0.00296. The first-order valence-corrected chi connectivity index (χ1v) is 8.09. The van der Waals surface area contributed by atoms with Gasteiger partial charge < -0.3 is 0 Å². The molecule has 1 N–H and O–H groups in total. The maximum Gasteiger partial charge on any atom is 0.243 e. The van der Waals surface area contributed by atoms with E-state index in [9.17, 15) is 4.79 Å². The maximum absolute atomic E-state index is 12.2. The van der Waals surface area contributed by atoms with Crippen molar-refractivity contribution in [2.75, 3.05) is 0 Å². The molecular weight excluding hydrogens is 340 g/mol. The number of hydrazone groups is 1. The van der Waals surface area contributed by atoms with E-state index < -0.39 is 0 Å². The van der Waals surface area contributed by atoms with Crippen LogP contribution in [0, 0.1) is 5.92 Å². The first kappa shape index (κ1) is 15.0. The molecule has 3 rings (SSSR count). The highest BCUT2D eigenvalue weighted by molar-refractivity contribution is 9.10. The van der Waals surface area contributed by atoms with Crippen molar-refractivity contribution in [3.05, 3.63) is 70.2 Å². The third-order valence-corrected chi connectivity index (χ3v) is 4.42. The zero-order chi connectivity index (χ0) is 15.5. The second-order valence-electron chi connectivity index (χ2n) is 5.54. The van der Waals surface area contributed by atoms with Crippen LogP contribution in [0.2, 0.25) is 0 Å². The van der Waals surface area contributed by atoms with Crippen molar-refractivity contribution in [3.8, 4) is 0 Å². The average Bonchev–Trinajstić information content (AvgIpc) is 3.34. The van der Waals surface area contributed by atoms with E-state index >= 15 is 0 Å². The molecule has 0 heterocycles. The Hall–Kier alpha value is -1.94. The van der Waals surface area contributed by atoms with Crippen molar-refractivity contribution >= 4 is 27.5 Å². The van der Waals surface area contributed by atoms with E-state index in [1.165, 1.54) is 5.56 Å². The Morgan fingerprint density at radius 3 is 2.68 bits per heavy atom. The predicted molar refractivity (Wildman–Crippen MR) is 91.8 cm³/mol. The van der Waals surface area contributed by atoms with Crippen LogP contribution in [0.5, 0.6) is 0 Å². The van der Waals surface area contributed by atoms with Gasteiger partial charge in [0.05, 0.1) is 5.71 Å². The molecule has 0 unspecified atom stereocenters. The fourth-order valence-corrected chi connectivity index (χ4v) is 2.95. The predicted octanol–water partition coefficient (Wildman–Crippen LogP) is 4.09. The van der Waals surface area contributed by atoms with Crippen molar-refractivity contribution in [2.24, 2.45) is 11.0 Å². The third-order valence-electron chi connectivity index (χ3n) is 3.93. The van der Waals surface area contributed by atoms with Gasteiger partial charge in [-0.05, 0) is 42.5 Å². The topological polar surface area (TPSA) is 41.5 Å². The number of nitrogens with one attached hydrogen (secondary N) is 1. The molecule has 0 aliphatic heterocycles. The number of nitrogens with zero attached hydrogens (tertiary/aromatic N) is 1. The number of amides is 1. The summed E-state index contributed by atoms with van der Waals surface area (Å²) in [4.78, 5) is 12.2. The molecule has 2 atom stereocenters. The normalized spacial score (nSPS) is 20.5. The second-order valence-corrected chi connectivity index (χ2v) is 6.46. The number of rotatable bonds is 4. The first-order valence-electron chi connectivity index (χ1n) is 7.30. The lowest BCUT2D eigenvalue weighted by atomic mass is 10.1. The van der Waals surface area contributed by atoms with Gasteiger partial charge in [-0.25, -0.2) is 5.43 Å². The summed E-state index contributed by atoms with van der Waals surface area (Å²) in [6, 6.07) is 18.0. The van der Waals surface area contributed by atoms with Crippen molar-refractivity contribution in [1.82, 2.24) is 5.43 Å². The smallest absolute Gasteiger partial charge is 0.243 e. The van der Waals surface area contributed by atoms with Gasteiger partial charge in [-0.1, -0.05) is 58.4 Å². The largest absolute Gasteiger partial charge is 0.273 e. The number of hydrogen-bond donors (Lipinski definition) is 1. The van der Waals surface area contributed by atoms with Gasteiger partial charge in [0.25, 0.3) is 0 Å². The third kappa shape index (κ3) is 3.45. The summed E-state index contributed by atoms with van der Waals surface area (Å²) in [6.07, 6.45) is 0.904. The van der Waals surface area contributed by atoms with E-state index in [1.807, 2.05) is 49.4 Å². The molecule has 112 valence electrons. The van der Waals surface area contributed by atoms with Gasteiger partial charge in [0.2, 0.25) is 5.91 Å². The summed E-state index contributed by atoms with van der Waals surface area (Å²) in [5, 5.41) is 4.22. The van der Waals surface area contributed by atoms with Crippen molar-refractivity contribution in [1.29, 1.82) is 0 Å². The molecule has 1 fully saturated rings. The quantitative estimate of drug-likeness (QED) is 0.650. The zero-order valence-electron chi connectivity index (χ0n) is 12.3. The Kier molecular flexibility index (Phi) is 4.39. The fourth-order valence-electron chi connectivity index (χ4n) is 2.55. The molecule has 2 aromatic carbocycles. The summed E-state index contributed by atoms with van der Waals surface area (Å²) >= 11 is 3.44. The Labute approximate surface area is 138 Å². The van der Waals surface area contributed by atoms with E-state index in [4.69, 9.17) is 0 Å². The van der Waals surface area contributed by atoms with Crippen LogP contribution in [0.4, 0.5) is 0 Å². The average molecular weight is 357 g/mol. The van der Waals surface area contributed by atoms with Crippen LogP contribution in [-0.2, 0) is 4.79 Å². The van der Waals surface area contributed by atoms with Crippen molar-refractivity contribution in [3.63, 3.8) is 0 Å². The molecule has 1 aliphatic rings. The molecular formula is C18H17BrN2O. The molecule has 0 radical (unpaired) electrons. The number of hydrogen-bond acceptors (Lipinski definition) is 2. The molecule has 4 heteroatoms. The maximum atomic E-state index is 12.2. The highest BCUT2D eigenvalue weighted by atomic mass is 79.9. The van der Waals surface area contributed by atoms with E-state index in [0.717, 1.165) is 22.2 Å². The summed E-state index contributed by atoms with van der Waals surface area (Å²) in [5.41, 5.74) is 5.72. The van der Waals surface area contributed by atoms with Crippen molar-refractivity contribution < 1.29 is 4.79 Å². The zero-order valence-corrected chi connectivity index (χ0v) is 13.9. The van der Waals surface area contributed by atoms with Crippen LogP contribution in [0.15, 0.2) is 64.2 Å². The molecule has 2 aromatic rings. The SMILES string of the molecule is C/C(=N/NC(=O)[C@H]1C[C@@H]1c1ccccc1)c1cccc(Br)c1. The Morgan fingerprint density at radius 1 is 1.18 bits per heavy atom. The van der Waals surface area contributed by atoms with E-state index in [2.05, 4.69) is 38.6 Å². The highest BCUT2D eigenvalue weighted by Crippen LogP contribution is 2.47. The molecule has 22 heavy (non-hydrogen) atoms.